The largest absolute Gasteiger partial charge is 0.456 e. The molecule has 0 fully saturated rings. The average molecular weight is 604 g/mol. The number of rotatable bonds is 19. The number of nitrogens with zero attached hydrogens (tertiary/aromatic N) is 1. The third-order valence-electron chi connectivity index (χ3n) is 5.75. The highest BCUT2D eigenvalue weighted by molar-refractivity contribution is 7.85. The molecule has 1 amide bonds. The highest BCUT2D eigenvalue weighted by Crippen LogP contribution is 2.34. The van der Waals surface area contributed by atoms with Gasteiger partial charge in [-0.15, -0.1) is 0 Å². The van der Waals surface area contributed by atoms with Crippen LogP contribution in [-0.4, -0.2) is 106 Å². The zero-order valence-electron chi connectivity index (χ0n) is 24.3. The summed E-state index contributed by atoms with van der Waals surface area (Å²) >= 11 is 0. The summed E-state index contributed by atoms with van der Waals surface area (Å²) in [5, 5.41) is 3.03. The first-order valence-corrected chi connectivity index (χ1v) is 27.0. The van der Waals surface area contributed by atoms with Gasteiger partial charge >= 0.3 is 0 Å². The second-order valence-corrected chi connectivity index (χ2v) is 32.9. The number of amides is 1. The van der Waals surface area contributed by atoms with Gasteiger partial charge in [0.15, 0.2) is 33.3 Å². The molecule has 36 heavy (non-hydrogen) atoms. The van der Waals surface area contributed by atoms with Gasteiger partial charge in [0.25, 0.3) is 10.1 Å². The van der Waals surface area contributed by atoms with Crippen molar-refractivity contribution in [2.24, 2.45) is 0 Å². The molecule has 4 N–H and O–H groups in total. The molecule has 0 spiro atoms. The summed E-state index contributed by atoms with van der Waals surface area (Å²) in [4.78, 5) is 34.0. The molecule has 0 atom stereocenters. The Balaban J connectivity index is 4.73. The van der Waals surface area contributed by atoms with Gasteiger partial charge in [0, 0.05) is 19.4 Å². The van der Waals surface area contributed by atoms with Gasteiger partial charge in [0.2, 0.25) is 5.91 Å². The quantitative estimate of drug-likeness (QED) is 0.0771. The predicted molar refractivity (Wildman–Crippen MR) is 158 cm³/mol. The molecule has 14 heteroatoms. The summed E-state index contributed by atoms with van der Waals surface area (Å²) in [7, 11) is -8.82. The number of carbonyl (C=O) groups excluding carboxylic acids is 1. The maximum Gasteiger partial charge on any atom is 0.264 e. The fourth-order valence-electron chi connectivity index (χ4n) is 4.92. The Bertz CT molecular complexity index is 736. The topological polar surface area (TPSA) is 133 Å². The van der Waals surface area contributed by atoms with Crippen LogP contribution in [0.15, 0.2) is 0 Å². The van der Waals surface area contributed by atoms with Crippen molar-refractivity contribution in [3.8, 4) is 0 Å². The molecule has 0 radical (unpaired) electrons. The first-order chi connectivity index (χ1) is 15.9. The van der Waals surface area contributed by atoms with E-state index in [1.165, 1.54) is 0 Å². The maximum atomic E-state index is 12.4. The van der Waals surface area contributed by atoms with Crippen molar-refractivity contribution in [3.05, 3.63) is 0 Å². The Hall–Kier alpha value is 0.0875. The molecule has 0 aromatic rings. The molecule has 0 aliphatic heterocycles. The number of carbonyl (C=O) groups is 1. The van der Waals surface area contributed by atoms with Gasteiger partial charge in [-0.3, -0.25) is 9.35 Å². The van der Waals surface area contributed by atoms with Gasteiger partial charge in [0.05, 0.1) is 32.9 Å². The number of unbranched alkanes of at least 4 members (excludes halogenated alkanes) is 1. The third-order valence-corrected chi connectivity index (χ3v) is 24.1. The normalized spacial score (nSPS) is 14.2. The molecule has 0 aromatic carbocycles. The van der Waals surface area contributed by atoms with Crippen molar-refractivity contribution in [3.63, 3.8) is 0 Å². The first kappa shape index (κ1) is 36.1. The van der Waals surface area contributed by atoms with Gasteiger partial charge in [-0.1, -0.05) is 0 Å². The van der Waals surface area contributed by atoms with Gasteiger partial charge in [-0.25, -0.2) is 0 Å². The lowest BCUT2D eigenvalue weighted by atomic mass is 10.2. The van der Waals surface area contributed by atoms with E-state index in [0.29, 0.717) is 41.6 Å². The lowest BCUT2D eigenvalue weighted by Gasteiger charge is -2.42. The van der Waals surface area contributed by atoms with Crippen molar-refractivity contribution in [2.75, 3.05) is 39.5 Å². The number of quaternary nitrogens is 1. The molecule has 0 aromatic heterocycles. The van der Waals surface area contributed by atoms with E-state index >= 15 is 0 Å². The third kappa shape index (κ3) is 21.1. The van der Waals surface area contributed by atoms with Crippen LogP contribution in [0.2, 0.25) is 63.2 Å². The highest BCUT2D eigenvalue weighted by Gasteiger charge is 2.46. The lowest BCUT2D eigenvalue weighted by Crippen LogP contribution is -2.56. The molecular formula is C22H55N2O7SSi4+. The maximum absolute atomic E-state index is 12.4. The molecular weight excluding hydrogens is 549 g/mol. The predicted octanol–water partition coefficient (Wildman–Crippen LogP) is 3.29. The molecule has 0 aliphatic rings. The summed E-state index contributed by atoms with van der Waals surface area (Å²) in [6, 6.07) is 0.832. The van der Waals surface area contributed by atoms with Crippen molar-refractivity contribution in [1.29, 1.82) is 0 Å². The van der Waals surface area contributed by atoms with Crippen molar-refractivity contribution in [1.82, 2.24) is 5.32 Å². The average Bonchev–Trinajstić information content (AvgIpc) is 2.57. The summed E-state index contributed by atoms with van der Waals surface area (Å²) < 4.78 is 38.0. The minimum atomic E-state index is -3.90. The molecule has 0 bridgehead atoms. The summed E-state index contributed by atoms with van der Waals surface area (Å²) in [6.07, 6.45) is 3.09. The molecule has 0 heterocycles. The summed E-state index contributed by atoms with van der Waals surface area (Å²) in [5.74, 6) is -0.188. The fourth-order valence-corrected chi connectivity index (χ4v) is 29.4. The standard InChI is InChI=1S/C22H54N2O7SSi4/c1-24(2,16-10-11-18-32(26,27)28)17-12-14-22(25)23-15-13-19-36(20-34(6,7)29,21-35(8,9)30)31-33(3,4)5/h29-30H,10-21H2,1-9H3,(H-,23,25,26,27,28)/p+1. The van der Waals surface area contributed by atoms with E-state index in [4.69, 9.17) is 8.67 Å². The van der Waals surface area contributed by atoms with Crippen LogP contribution in [0, 0.1) is 0 Å². The van der Waals surface area contributed by atoms with Crippen LogP contribution in [0.1, 0.15) is 32.1 Å². The van der Waals surface area contributed by atoms with E-state index in [9.17, 15) is 22.8 Å². The Labute approximate surface area is 224 Å². The Kier molecular flexibility index (Phi) is 14.5. The Morgan fingerprint density at radius 2 is 1.36 bits per heavy atom. The van der Waals surface area contributed by atoms with Crippen molar-refractivity contribution < 1.29 is 36.0 Å². The smallest absolute Gasteiger partial charge is 0.264 e. The van der Waals surface area contributed by atoms with Gasteiger partial charge < -0.3 is 23.5 Å². The second-order valence-electron chi connectivity index (χ2n) is 13.3. The van der Waals surface area contributed by atoms with E-state index < -0.39 is 43.4 Å². The van der Waals surface area contributed by atoms with Crippen LogP contribution in [-0.2, 0) is 19.0 Å². The molecule has 0 saturated heterocycles. The van der Waals surface area contributed by atoms with Gasteiger partial charge in [-0.2, -0.15) is 8.42 Å². The number of hydrogen-bond donors (Lipinski definition) is 4. The van der Waals surface area contributed by atoms with Crippen molar-refractivity contribution >= 4 is 49.3 Å². The van der Waals surface area contributed by atoms with Gasteiger partial charge in [-0.05, 0) is 82.5 Å². The molecule has 9 nitrogen and oxygen atoms in total. The summed E-state index contributed by atoms with van der Waals surface area (Å²) in [6.45, 7) is 16.5. The van der Waals surface area contributed by atoms with Crippen LogP contribution in [0.5, 0.6) is 0 Å². The molecule has 0 unspecified atom stereocenters. The first-order valence-electron chi connectivity index (χ1n) is 13.1. The Morgan fingerprint density at radius 1 is 0.861 bits per heavy atom. The molecule has 0 rings (SSSR count). The van der Waals surface area contributed by atoms with Gasteiger partial charge in [0.1, 0.15) is 0 Å². The number of nitrogens with one attached hydrogen (secondary N) is 1. The van der Waals surface area contributed by atoms with E-state index in [1.807, 2.05) is 26.2 Å². The lowest BCUT2D eigenvalue weighted by molar-refractivity contribution is -0.890. The fraction of sp³-hybridized carbons (Fsp3) is 0.955. The Morgan fingerprint density at radius 3 is 1.81 bits per heavy atom. The van der Waals surface area contributed by atoms with E-state index in [-0.39, 0.29) is 11.7 Å². The highest BCUT2D eigenvalue weighted by atomic mass is 32.2. The van der Waals surface area contributed by atoms with E-state index in [1.54, 1.807) is 0 Å². The monoisotopic (exact) mass is 603 g/mol. The second kappa shape index (κ2) is 14.5. The van der Waals surface area contributed by atoms with Crippen LogP contribution in [0.4, 0.5) is 0 Å². The zero-order chi connectivity index (χ0) is 28.5. The van der Waals surface area contributed by atoms with Crippen molar-refractivity contribution in [2.45, 2.75) is 95.3 Å². The van der Waals surface area contributed by atoms with Crippen LogP contribution >= 0.6 is 0 Å². The van der Waals surface area contributed by atoms with E-state index in [2.05, 4.69) is 39.1 Å². The molecule has 0 saturated carbocycles. The van der Waals surface area contributed by atoms with E-state index in [0.717, 1.165) is 32.0 Å². The summed E-state index contributed by atoms with van der Waals surface area (Å²) in [5.41, 5.74) is 1.43. The molecule has 216 valence electrons. The SMILES string of the molecule is C[N+](C)(CCCCS(=O)(=O)O)CCCC(=O)NCCC[Si](C[Si](C)(C)O)(C[Si](C)(C)O)O[Si](C)(C)C. The minimum absolute atomic E-state index is 0.0217. The zero-order valence-corrected chi connectivity index (χ0v) is 29.1. The van der Waals surface area contributed by atoms with Crippen LogP contribution in [0.25, 0.3) is 0 Å². The minimum Gasteiger partial charge on any atom is -0.456 e. The number of hydrogen-bond acceptors (Lipinski definition) is 6. The van der Waals surface area contributed by atoms with Crippen LogP contribution < -0.4 is 5.32 Å². The van der Waals surface area contributed by atoms with Crippen LogP contribution in [0.3, 0.4) is 0 Å². The molecule has 0 aliphatic carbocycles.